The average Bonchev–Trinajstić information content (AvgIpc) is 3.28. The van der Waals surface area contributed by atoms with Gasteiger partial charge in [0.25, 0.3) is 0 Å². The van der Waals surface area contributed by atoms with E-state index in [-0.39, 0.29) is 17.1 Å². The van der Waals surface area contributed by atoms with Crippen molar-refractivity contribution in [1.82, 2.24) is 0 Å². The summed E-state index contributed by atoms with van der Waals surface area (Å²) in [5.74, 6) is 1.06. The van der Waals surface area contributed by atoms with Gasteiger partial charge in [-0.25, -0.2) is 0 Å². The van der Waals surface area contributed by atoms with E-state index in [2.05, 4.69) is 106 Å². The number of ether oxygens (including phenoxy) is 1. The molecule has 0 bridgehead atoms. The molecule has 2 nitrogen and oxygen atoms in total. The summed E-state index contributed by atoms with van der Waals surface area (Å²) in [4.78, 5) is 2.59. The van der Waals surface area contributed by atoms with Crippen molar-refractivity contribution in [3.05, 3.63) is 100 Å². The van der Waals surface area contributed by atoms with Gasteiger partial charge in [-0.15, -0.1) is 0 Å². The zero-order valence-corrected chi connectivity index (χ0v) is 22.8. The van der Waals surface area contributed by atoms with Gasteiger partial charge in [0, 0.05) is 22.1 Å². The molecule has 3 atom stereocenters. The standard InChI is InChI=1S/C35H37NO/c1-6-9-13-24-20-22(4)29(23(5)21-24)32-31-27-15-11-10-14-25(27)26-16-12-17-28-30(26)36(31)33(37-32)35(8-3)19-18-34(28,35)7-2/h10-12,14-21,33H,6-9,13H2,1-5H3. The van der Waals surface area contributed by atoms with Gasteiger partial charge in [-0.3, -0.25) is 4.90 Å². The molecule has 188 valence electrons. The molecule has 37 heavy (non-hydrogen) atoms. The van der Waals surface area contributed by atoms with E-state index in [0.29, 0.717) is 0 Å². The summed E-state index contributed by atoms with van der Waals surface area (Å²) in [6.07, 6.45) is 10.6. The maximum Gasteiger partial charge on any atom is 0.187 e. The molecule has 4 aliphatic rings. The monoisotopic (exact) mass is 487 g/mol. The molecule has 0 aromatic heterocycles. The Labute approximate surface area is 221 Å². The number of rotatable bonds is 6. The van der Waals surface area contributed by atoms with Crippen molar-refractivity contribution >= 4 is 17.1 Å². The zero-order chi connectivity index (χ0) is 25.5. The molecule has 7 rings (SSSR count). The van der Waals surface area contributed by atoms with Crippen molar-refractivity contribution in [2.75, 3.05) is 4.90 Å². The van der Waals surface area contributed by atoms with Crippen LogP contribution in [-0.4, -0.2) is 6.23 Å². The van der Waals surface area contributed by atoms with Gasteiger partial charge in [0.15, 0.2) is 12.0 Å². The number of hydrogen-bond acceptors (Lipinski definition) is 2. The highest BCUT2D eigenvalue weighted by Gasteiger charge is 2.67. The van der Waals surface area contributed by atoms with E-state index < -0.39 is 0 Å². The van der Waals surface area contributed by atoms with Crippen LogP contribution in [0.1, 0.15) is 79.8 Å². The molecule has 0 fully saturated rings. The Morgan fingerprint density at radius 1 is 0.838 bits per heavy atom. The summed E-state index contributed by atoms with van der Waals surface area (Å²) in [7, 11) is 0. The SMILES string of the molecule is CCCCc1cc(C)c(C2=C3c4ccccc4-c4cccc5c4N3C(O2)C2(CC)C=CC52CC)c(C)c1. The summed E-state index contributed by atoms with van der Waals surface area (Å²) < 4.78 is 7.29. The largest absolute Gasteiger partial charge is 0.466 e. The van der Waals surface area contributed by atoms with Crippen LogP contribution in [0.15, 0.2) is 66.7 Å². The van der Waals surface area contributed by atoms with E-state index in [1.807, 2.05) is 0 Å². The molecule has 3 heterocycles. The fourth-order valence-corrected chi connectivity index (χ4v) is 8.07. The van der Waals surface area contributed by atoms with Gasteiger partial charge in [0.1, 0.15) is 0 Å². The average molecular weight is 488 g/mol. The molecule has 0 saturated heterocycles. The first-order chi connectivity index (χ1) is 18.0. The van der Waals surface area contributed by atoms with E-state index in [1.165, 1.54) is 68.7 Å². The molecule has 2 heteroatoms. The fraction of sp³-hybridized carbons (Fsp3) is 0.371. The number of nitrogens with zero attached hydrogens (tertiary/aromatic N) is 1. The second-order valence-electron chi connectivity index (χ2n) is 11.5. The van der Waals surface area contributed by atoms with Gasteiger partial charge in [-0.05, 0) is 67.3 Å². The Kier molecular flexibility index (Phi) is 4.87. The Balaban J connectivity index is 1.53. The van der Waals surface area contributed by atoms with E-state index in [1.54, 1.807) is 0 Å². The second-order valence-corrected chi connectivity index (χ2v) is 11.5. The predicted octanol–water partition coefficient (Wildman–Crippen LogP) is 8.94. The highest BCUT2D eigenvalue weighted by molar-refractivity contribution is 6.09. The summed E-state index contributed by atoms with van der Waals surface area (Å²) in [6.45, 7) is 11.5. The van der Waals surface area contributed by atoms with Crippen molar-refractivity contribution in [1.29, 1.82) is 0 Å². The van der Waals surface area contributed by atoms with Crippen LogP contribution in [0.2, 0.25) is 0 Å². The lowest BCUT2D eigenvalue weighted by Crippen LogP contribution is -2.63. The summed E-state index contributed by atoms with van der Waals surface area (Å²) in [5.41, 5.74) is 13.4. The number of aryl methyl sites for hydroxylation is 3. The van der Waals surface area contributed by atoms with E-state index in [4.69, 9.17) is 4.74 Å². The number of hydrogen-bond donors (Lipinski definition) is 0. The van der Waals surface area contributed by atoms with Crippen LogP contribution in [-0.2, 0) is 16.6 Å². The summed E-state index contributed by atoms with van der Waals surface area (Å²) in [6, 6.07) is 20.7. The molecule has 3 aromatic carbocycles. The Morgan fingerprint density at radius 3 is 2.22 bits per heavy atom. The molecular weight excluding hydrogens is 450 g/mol. The van der Waals surface area contributed by atoms with Gasteiger partial charge in [-0.1, -0.05) is 93.9 Å². The smallest absolute Gasteiger partial charge is 0.187 e. The number of benzene rings is 3. The minimum atomic E-state index is -0.0461. The van der Waals surface area contributed by atoms with Crippen LogP contribution in [0, 0.1) is 19.3 Å². The first-order valence-electron chi connectivity index (χ1n) is 14.3. The van der Waals surface area contributed by atoms with Crippen molar-refractivity contribution in [3.63, 3.8) is 0 Å². The normalized spacial score (nSPS) is 25.9. The lowest BCUT2D eigenvalue weighted by atomic mass is 9.47. The fourth-order valence-electron chi connectivity index (χ4n) is 8.07. The molecule has 0 amide bonds. The summed E-state index contributed by atoms with van der Waals surface area (Å²) >= 11 is 0. The topological polar surface area (TPSA) is 12.5 Å². The highest BCUT2D eigenvalue weighted by Crippen LogP contribution is 2.70. The first-order valence-corrected chi connectivity index (χ1v) is 14.3. The second kappa shape index (κ2) is 7.87. The number of fused-ring (bicyclic) bond motifs is 6. The van der Waals surface area contributed by atoms with E-state index in [9.17, 15) is 0 Å². The minimum absolute atomic E-state index is 0.00913. The maximum absolute atomic E-state index is 7.29. The molecule has 3 unspecified atom stereocenters. The van der Waals surface area contributed by atoms with Gasteiger partial charge >= 0.3 is 0 Å². The van der Waals surface area contributed by atoms with Crippen molar-refractivity contribution in [3.8, 4) is 11.1 Å². The van der Waals surface area contributed by atoms with Crippen LogP contribution < -0.4 is 4.90 Å². The van der Waals surface area contributed by atoms with Crippen molar-refractivity contribution in [2.45, 2.75) is 78.4 Å². The van der Waals surface area contributed by atoms with Gasteiger partial charge in [0.05, 0.1) is 16.8 Å². The lowest BCUT2D eigenvalue weighted by molar-refractivity contribution is -0.00299. The molecule has 3 aliphatic heterocycles. The Bertz CT molecular complexity index is 1490. The third-order valence-electron chi connectivity index (χ3n) is 9.87. The molecule has 1 aliphatic carbocycles. The molecular formula is C35H37NO. The van der Waals surface area contributed by atoms with Crippen molar-refractivity contribution in [2.24, 2.45) is 5.41 Å². The quantitative estimate of drug-likeness (QED) is 0.322. The minimum Gasteiger partial charge on any atom is -0.466 e. The highest BCUT2D eigenvalue weighted by atomic mass is 16.5. The zero-order valence-electron chi connectivity index (χ0n) is 22.8. The Morgan fingerprint density at radius 2 is 1.57 bits per heavy atom. The molecule has 0 radical (unpaired) electrons. The van der Waals surface area contributed by atoms with Crippen LogP contribution in [0.5, 0.6) is 0 Å². The number of anilines is 1. The first kappa shape index (κ1) is 22.9. The van der Waals surface area contributed by atoms with Gasteiger partial charge < -0.3 is 4.74 Å². The molecule has 3 aromatic rings. The lowest BCUT2D eigenvalue weighted by Gasteiger charge is -2.62. The Hall–Kier alpha value is -3.26. The van der Waals surface area contributed by atoms with Crippen LogP contribution in [0.4, 0.5) is 5.69 Å². The maximum atomic E-state index is 7.29. The van der Waals surface area contributed by atoms with Crippen LogP contribution in [0.25, 0.3) is 22.6 Å². The van der Waals surface area contributed by atoms with E-state index >= 15 is 0 Å². The van der Waals surface area contributed by atoms with Crippen molar-refractivity contribution < 1.29 is 4.74 Å². The third kappa shape index (κ3) is 2.67. The number of allylic oxidation sites excluding steroid dienone is 1. The number of unbranched alkanes of at least 4 members (excludes halogenated alkanes) is 1. The van der Waals surface area contributed by atoms with Gasteiger partial charge in [0.2, 0.25) is 0 Å². The third-order valence-corrected chi connectivity index (χ3v) is 9.87. The van der Waals surface area contributed by atoms with Crippen LogP contribution in [0.3, 0.4) is 0 Å². The predicted molar refractivity (Wildman–Crippen MR) is 154 cm³/mol. The van der Waals surface area contributed by atoms with E-state index in [0.717, 1.165) is 25.0 Å². The molecule has 0 saturated carbocycles. The molecule has 0 spiro atoms. The molecule has 0 N–H and O–H groups in total. The van der Waals surface area contributed by atoms with Gasteiger partial charge in [-0.2, -0.15) is 0 Å². The summed E-state index contributed by atoms with van der Waals surface area (Å²) in [5, 5.41) is 0. The number of para-hydroxylation sites is 1. The van der Waals surface area contributed by atoms with Crippen LogP contribution >= 0.6 is 0 Å².